The standard InChI is InChI=1S/C29H28ClN5O6/c1-3-29(39)21(15-40-20(27(37)38)14-18-10-6-4-7-11-18)41-26(23(29)36)35-16-31-22-24(33-28(30)34-25(22)35)32-17(2)19-12-8-5-9-13-19/h1,4-13,16-17,20-21,23,26,36,39H,14-15H2,2H3,(H,37,38)(H,32,33,34)/t17-,20?,21+,23-,26+,29+/m0/s1. The van der Waals surface area contributed by atoms with Crippen molar-refractivity contribution in [3.63, 3.8) is 0 Å². The van der Waals surface area contributed by atoms with Crippen LogP contribution in [0.2, 0.25) is 5.28 Å². The van der Waals surface area contributed by atoms with Crippen molar-refractivity contribution in [3.05, 3.63) is 83.4 Å². The number of carboxylic acid groups (broad SMARTS) is 1. The maximum atomic E-state index is 11.9. The van der Waals surface area contributed by atoms with Crippen LogP contribution in [0.15, 0.2) is 67.0 Å². The number of hydrogen-bond acceptors (Lipinski definition) is 9. The third-order valence-electron chi connectivity index (χ3n) is 7.06. The van der Waals surface area contributed by atoms with Crippen LogP contribution in [0.4, 0.5) is 5.82 Å². The maximum absolute atomic E-state index is 11.9. The number of hydrogen-bond donors (Lipinski definition) is 4. The first-order valence-electron chi connectivity index (χ1n) is 12.8. The fourth-order valence-corrected chi connectivity index (χ4v) is 4.94. The Labute approximate surface area is 240 Å². The van der Waals surface area contributed by atoms with Crippen molar-refractivity contribution in [2.75, 3.05) is 11.9 Å². The molecule has 0 amide bonds. The molecule has 0 bridgehead atoms. The van der Waals surface area contributed by atoms with E-state index in [1.807, 2.05) is 43.3 Å². The number of aliphatic hydroxyl groups is 2. The Morgan fingerprint density at radius 3 is 2.56 bits per heavy atom. The van der Waals surface area contributed by atoms with Crippen molar-refractivity contribution in [2.24, 2.45) is 0 Å². The molecule has 12 heteroatoms. The Kier molecular flexibility index (Phi) is 8.21. The SMILES string of the molecule is C#C[C@@]1(O)[C@@H](COC(Cc2ccccc2)C(=O)O)O[C@@H](n2cnc3c(N[C@@H](C)c4ccccc4)nc(Cl)nc32)[C@@H]1O. The fourth-order valence-electron chi connectivity index (χ4n) is 4.77. The minimum Gasteiger partial charge on any atom is -0.479 e. The third kappa shape index (κ3) is 5.74. The molecule has 4 aromatic rings. The molecule has 2 aromatic heterocycles. The number of carbonyl (C=O) groups is 1. The molecular formula is C29H28ClN5O6. The molecule has 1 aliphatic heterocycles. The van der Waals surface area contributed by atoms with E-state index in [-0.39, 0.29) is 23.4 Å². The number of anilines is 1. The van der Waals surface area contributed by atoms with E-state index in [0.717, 1.165) is 11.1 Å². The highest BCUT2D eigenvalue weighted by Gasteiger charge is 2.56. The summed E-state index contributed by atoms with van der Waals surface area (Å²) >= 11 is 6.25. The second-order valence-corrected chi connectivity index (χ2v) is 10.1. The number of nitrogens with one attached hydrogen (secondary N) is 1. The first kappa shape index (κ1) is 28.5. The van der Waals surface area contributed by atoms with E-state index in [2.05, 4.69) is 26.2 Å². The summed E-state index contributed by atoms with van der Waals surface area (Å²) in [6.45, 7) is 1.56. The second-order valence-electron chi connectivity index (χ2n) is 9.72. The van der Waals surface area contributed by atoms with Crippen LogP contribution >= 0.6 is 11.6 Å². The highest BCUT2D eigenvalue weighted by atomic mass is 35.5. The van der Waals surface area contributed by atoms with E-state index in [0.29, 0.717) is 11.3 Å². The normalized spacial score (nSPS) is 23.6. The second kappa shape index (κ2) is 11.8. The topological polar surface area (TPSA) is 152 Å². The minimum absolute atomic E-state index is 0.0770. The number of benzene rings is 2. The average molecular weight is 578 g/mol. The Balaban J connectivity index is 1.39. The number of ether oxygens (including phenoxy) is 2. The lowest BCUT2D eigenvalue weighted by Gasteiger charge is -2.26. The molecule has 4 N–H and O–H groups in total. The number of aliphatic carboxylic acids is 1. The number of rotatable bonds is 10. The van der Waals surface area contributed by atoms with Crippen LogP contribution in [0.1, 0.15) is 30.3 Å². The van der Waals surface area contributed by atoms with Gasteiger partial charge in [0.2, 0.25) is 5.28 Å². The number of halogens is 1. The van der Waals surface area contributed by atoms with Crippen LogP contribution in [0, 0.1) is 12.3 Å². The zero-order valence-corrected chi connectivity index (χ0v) is 22.7. The number of carboxylic acids is 1. The van der Waals surface area contributed by atoms with Crippen molar-refractivity contribution in [2.45, 2.75) is 49.5 Å². The summed E-state index contributed by atoms with van der Waals surface area (Å²) in [5.41, 5.74) is 0.149. The lowest BCUT2D eigenvalue weighted by Crippen LogP contribution is -2.48. The summed E-state index contributed by atoms with van der Waals surface area (Å²) in [6.07, 6.45) is 1.71. The van der Waals surface area contributed by atoms with E-state index in [4.69, 9.17) is 27.5 Å². The lowest BCUT2D eigenvalue weighted by molar-refractivity contribution is -0.156. The van der Waals surface area contributed by atoms with Crippen molar-refractivity contribution >= 4 is 34.6 Å². The molecule has 41 heavy (non-hydrogen) atoms. The lowest BCUT2D eigenvalue weighted by atomic mass is 9.93. The van der Waals surface area contributed by atoms with Crippen molar-refractivity contribution in [1.29, 1.82) is 0 Å². The minimum atomic E-state index is -2.20. The summed E-state index contributed by atoms with van der Waals surface area (Å²) < 4.78 is 13.0. The van der Waals surface area contributed by atoms with Crippen molar-refractivity contribution in [1.82, 2.24) is 19.5 Å². The van der Waals surface area contributed by atoms with Crippen LogP contribution < -0.4 is 5.32 Å². The highest BCUT2D eigenvalue weighted by Crippen LogP contribution is 2.39. The molecule has 212 valence electrons. The van der Waals surface area contributed by atoms with E-state index >= 15 is 0 Å². The van der Waals surface area contributed by atoms with Gasteiger partial charge in [0.1, 0.15) is 12.2 Å². The number of fused-ring (bicyclic) bond motifs is 1. The molecule has 6 atom stereocenters. The number of nitrogens with zero attached hydrogens (tertiary/aromatic N) is 4. The van der Waals surface area contributed by atoms with E-state index in [9.17, 15) is 20.1 Å². The predicted octanol–water partition coefficient (Wildman–Crippen LogP) is 2.99. The molecule has 5 rings (SSSR count). The third-order valence-corrected chi connectivity index (χ3v) is 7.23. The smallest absolute Gasteiger partial charge is 0.333 e. The fraction of sp³-hybridized carbons (Fsp3) is 0.310. The summed E-state index contributed by atoms with van der Waals surface area (Å²) in [5, 5.41) is 35.2. The van der Waals surface area contributed by atoms with Crippen LogP contribution in [0.5, 0.6) is 0 Å². The number of aliphatic hydroxyl groups excluding tert-OH is 1. The predicted molar refractivity (Wildman–Crippen MR) is 150 cm³/mol. The van der Waals surface area contributed by atoms with Gasteiger partial charge in [0.15, 0.2) is 34.9 Å². The molecule has 0 aliphatic carbocycles. The van der Waals surface area contributed by atoms with E-state index in [1.54, 1.807) is 24.3 Å². The van der Waals surface area contributed by atoms with Gasteiger partial charge in [0.05, 0.1) is 19.0 Å². The van der Waals surface area contributed by atoms with Gasteiger partial charge in [-0.2, -0.15) is 9.97 Å². The van der Waals surface area contributed by atoms with Gasteiger partial charge >= 0.3 is 5.97 Å². The molecule has 11 nitrogen and oxygen atoms in total. The summed E-state index contributed by atoms with van der Waals surface area (Å²) in [7, 11) is 0. The Hall–Kier alpha value is -4.05. The zero-order valence-electron chi connectivity index (χ0n) is 22.0. The van der Waals surface area contributed by atoms with Gasteiger partial charge in [0, 0.05) is 6.42 Å². The molecule has 3 heterocycles. The molecule has 0 spiro atoms. The van der Waals surface area contributed by atoms with Gasteiger partial charge in [-0.1, -0.05) is 66.6 Å². The summed E-state index contributed by atoms with van der Waals surface area (Å²) in [6, 6.07) is 18.5. The Morgan fingerprint density at radius 1 is 1.22 bits per heavy atom. The maximum Gasteiger partial charge on any atom is 0.333 e. The van der Waals surface area contributed by atoms with Crippen LogP contribution in [-0.4, -0.2) is 71.3 Å². The molecular weight excluding hydrogens is 550 g/mol. The van der Waals surface area contributed by atoms with Gasteiger partial charge in [-0.05, 0) is 29.7 Å². The molecule has 1 saturated heterocycles. The monoisotopic (exact) mass is 577 g/mol. The van der Waals surface area contributed by atoms with Crippen LogP contribution in [-0.2, 0) is 20.7 Å². The zero-order chi connectivity index (χ0) is 29.1. The summed E-state index contributed by atoms with van der Waals surface area (Å²) in [5.74, 6) is 1.37. The van der Waals surface area contributed by atoms with Crippen molar-refractivity contribution in [3.8, 4) is 12.3 Å². The molecule has 2 aromatic carbocycles. The van der Waals surface area contributed by atoms with Gasteiger partial charge < -0.3 is 30.1 Å². The van der Waals surface area contributed by atoms with E-state index in [1.165, 1.54) is 10.9 Å². The van der Waals surface area contributed by atoms with Crippen LogP contribution in [0.3, 0.4) is 0 Å². The average Bonchev–Trinajstić information content (AvgIpc) is 3.50. The quantitative estimate of drug-likeness (QED) is 0.163. The number of terminal acetylenes is 1. The van der Waals surface area contributed by atoms with Gasteiger partial charge in [-0.15, -0.1) is 6.42 Å². The molecule has 0 radical (unpaired) electrons. The summed E-state index contributed by atoms with van der Waals surface area (Å²) in [4.78, 5) is 24.9. The Bertz CT molecular complexity index is 1560. The first-order chi connectivity index (χ1) is 19.7. The molecule has 1 unspecified atom stereocenters. The Morgan fingerprint density at radius 2 is 1.90 bits per heavy atom. The largest absolute Gasteiger partial charge is 0.479 e. The molecule has 1 aliphatic rings. The van der Waals surface area contributed by atoms with Crippen molar-refractivity contribution < 1.29 is 29.6 Å². The number of imidazole rings is 1. The molecule has 1 fully saturated rings. The van der Waals surface area contributed by atoms with Gasteiger partial charge in [-0.25, -0.2) is 9.78 Å². The highest BCUT2D eigenvalue weighted by molar-refractivity contribution is 6.28. The first-order valence-corrected chi connectivity index (χ1v) is 13.2. The van der Waals surface area contributed by atoms with E-state index < -0.39 is 42.7 Å². The number of aromatic nitrogens is 4. The molecule has 0 saturated carbocycles. The van der Waals surface area contributed by atoms with Gasteiger partial charge in [0.25, 0.3) is 0 Å². The van der Waals surface area contributed by atoms with Crippen LogP contribution in [0.25, 0.3) is 11.2 Å². The van der Waals surface area contributed by atoms with Gasteiger partial charge in [-0.3, -0.25) is 4.57 Å².